The van der Waals surface area contributed by atoms with Gasteiger partial charge < -0.3 is 5.32 Å². The van der Waals surface area contributed by atoms with Gasteiger partial charge in [-0.3, -0.25) is 10.1 Å². The number of hydrogen-bond donors (Lipinski definition) is 1. The van der Waals surface area contributed by atoms with Crippen molar-refractivity contribution < 1.29 is 9.31 Å². The number of halogens is 1. The van der Waals surface area contributed by atoms with Crippen LogP contribution in [0.5, 0.6) is 0 Å². The fourth-order valence-electron chi connectivity index (χ4n) is 2.55. The Hall–Kier alpha value is -1.65. The average molecular weight is 252 g/mol. The second-order valence-electron chi connectivity index (χ2n) is 5.08. The summed E-state index contributed by atoms with van der Waals surface area (Å²) >= 11 is 0. The van der Waals surface area contributed by atoms with Crippen LogP contribution < -0.4 is 5.32 Å². The molecule has 1 aliphatic carbocycles. The van der Waals surface area contributed by atoms with Gasteiger partial charge in [-0.25, -0.2) is 4.39 Å². The van der Waals surface area contributed by atoms with Crippen molar-refractivity contribution in [2.75, 3.05) is 5.32 Å². The fraction of sp³-hybridized carbons (Fsp3) is 0.538. The van der Waals surface area contributed by atoms with E-state index in [9.17, 15) is 14.5 Å². The summed E-state index contributed by atoms with van der Waals surface area (Å²) in [7, 11) is 0. The zero-order valence-electron chi connectivity index (χ0n) is 10.5. The first-order valence-corrected chi connectivity index (χ1v) is 6.19. The number of hydrogen-bond acceptors (Lipinski definition) is 3. The molecular weight excluding hydrogens is 235 g/mol. The van der Waals surface area contributed by atoms with E-state index in [1.807, 2.05) is 0 Å². The molecular formula is C13H17FN2O2. The number of nitrogens with one attached hydrogen (secondary N) is 1. The van der Waals surface area contributed by atoms with Gasteiger partial charge in [0.25, 0.3) is 5.69 Å². The van der Waals surface area contributed by atoms with Crippen LogP contribution in [-0.4, -0.2) is 11.0 Å². The van der Waals surface area contributed by atoms with Crippen molar-refractivity contribution in [1.82, 2.24) is 0 Å². The third kappa shape index (κ3) is 2.44. The second-order valence-corrected chi connectivity index (χ2v) is 5.08. The molecule has 1 aliphatic rings. The van der Waals surface area contributed by atoms with Gasteiger partial charge in [-0.15, -0.1) is 0 Å². The van der Waals surface area contributed by atoms with Crippen LogP contribution in [0.25, 0.3) is 0 Å². The van der Waals surface area contributed by atoms with Gasteiger partial charge in [0, 0.05) is 6.04 Å². The van der Waals surface area contributed by atoms with E-state index in [4.69, 9.17) is 0 Å². The molecule has 0 amide bonds. The van der Waals surface area contributed by atoms with Gasteiger partial charge in [-0.2, -0.15) is 0 Å². The Balaban J connectivity index is 2.21. The number of nitro groups is 1. The molecule has 1 N–H and O–H groups in total. The van der Waals surface area contributed by atoms with E-state index in [0.29, 0.717) is 17.5 Å². The van der Waals surface area contributed by atoms with Gasteiger partial charge in [-0.1, -0.05) is 13.8 Å². The van der Waals surface area contributed by atoms with Crippen molar-refractivity contribution in [1.29, 1.82) is 0 Å². The summed E-state index contributed by atoms with van der Waals surface area (Å²) < 4.78 is 13.0. The summed E-state index contributed by atoms with van der Waals surface area (Å²) in [5, 5.41) is 14.1. The Kier molecular flexibility index (Phi) is 3.50. The lowest BCUT2D eigenvalue weighted by Gasteiger charge is -2.20. The largest absolute Gasteiger partial charge is 0.376 e. The Morgan fingerprint density at radius 2 is 2.11 bits per heavy atom. The number of benzene rings is 1. The Morgan fingerprint density at radius 3 is 2.67 bits per heavy atom. The first kappa shape index (κ1) is 12.8. The smallest absolute Gasteiger partial charge is 0.295 e. The maximum atomic E-state index is 13.0. The van der Waals surface area contributed by atoms with E-state index < -0.39 is 10.7 Å². The molecule has 98 valence electrons. The van der Waals surface area contributed by atoms with Crippen LogP contribution in [0.15, 0.2) is 18.2 Å². The van der Waals surface area contributed by atoms with Crippen LogP contribution in [0.1, 0.15) is 26.7 Å². The molecule has 1 fully saturated rings. The molecule has 18 heavy (non-hydrogen) atoms. The predicted molar refractivity (Wildman–Crippen MR) is 68.0 cm³/mol. The predicted octanol–water partition coefficient (Wildman–Crippen LogP) is 3.58. The van der Waals surface area contributed by atoms with Crippen molar-refractivity contribution in [3.8, 4) is 0 Å². The molecule has 1 saturated carbocycles. The van der Waals surface area contributed by atoms with Gasteiger partial charge >= 0.3 is 0 Å². The first-order valence-electron chi connectivity index (χ1n) is 6.19. The highest BCUT2D eigenvalue weighted by molar-refractivity contribution is 5.62. The van der Waals surface area contributed by atoms with Crippen molar-refractivity contribution >= 4 is 11.4 Å². The standard InChI is InChI=1S/C13H17FN2O2/c1-8-3-5-11(9(8)2)15-12-6-4-10(14)7-13(12)16(17)18/h4,6-9,11,15H,3,5H2,1-2H3. The average Bonchev–Trinajstić information content (AvgIpc) is 2.63. The van der Waals surface area contributed by atoms with Gasteiger partial charge in [-0.05, 0) is 36.8 Å². The Morgan fingerprint density at radius 1 is 1.39 bits per heavy atom. The molecule has 5 heteroatoms. The zero-order chi connectivity index (χ0) is 13.3. The van der Waals surface area contributed by atoms with Crippen molar-refractivity contribution in [2.24, 2.45) is 11.8 Å². The minimum Gasteiger partial charge on any atom is -0.376 e. The SMILES string of the molecule is CC1CCC(Nc2ccc(F)cc2[N+](=O)[O-])C1C. The van der Waals surface area contributed by atoms with Crippen molar-refractivity contribution in [3.63, 3.8) is 0 Å². The van der Waals surface area contributed by atoms with Crippen LogP contribution in [-0.2, 0) is 0 Å². The molecule has 0 aliphatic heterocycles. The summed E-state index contributed by atoms with van der Waals surface area (Å²) in [4.78, 5) is 10.3. The number of nitrogens with zero attached hydrogens (tertiary/aromatic N) is 1. The molecule has 0 aromatic heterocycles. The molecule has 3 atom stereocenters. The summed E-state index contributed by atoms with van der Waals surface area (Å²) in [6, 6.07) is 3.89. The topological polar surface area (TPSA) is 55.2 Å². The molecule has 0 saturated heterocycles. The first-order chi connectivity index (χ1) is 8.49. The highest BCUT2D eigenvalue weighted by Gasteiger charge is 2.31. The van der Waals surface area contributed by atoms with E-state index >= 15 is 0 Å². The van der Waals surface area contributed by atoms with Crippen molar-refractivity contribution in [2.45, 2.75) is 32.7 Å². The van der Waals surface area contributed by atoms with Crippen LogP contribution in [0.4, 0.5) is 15.8 Å². The third-order valence-electron chi connectivity index (χ3n) is 3.96. The Bertz CT molecular complexity index is 464. The molecule has 0 bridgehead atoms. The summed E-state index contributed by atoms with van der Waals surface area (Å²) in [6.45, 7) is 4.33. The van der Waals surface area contributed by atoms with E-state index in [1.165, 1.54) is 12.1 Å². The highest BCUT2D eigenvalue weighted by atomic mass is 19.1. The maximum Gasteiger partial charge on any atom is 0.295 e. The van der Waals surface area contributed by atoms with Gasteiger partial charge in [0.15, 0.2) is 0 Å². The van der Waals surface area contributed by atoms with E-state index in [0.717, 1.165) is 18.9 Å². The molecule has 1 aromatic rings. The molecule has 4 nitrogen and oxygen atoms in total. The van der Waals surface area contributed by atoms with Crippen molar-refractivity contribution in [3.05, 3.63) is 34.1 Å². The quantitative estimate of drug-likeness (QED) is 0.660. The fourth-order valence-corrected chi connectivity index (χ4v) is 2.55. The minimum absolute atomic E-state index is 0.193. The molecule has 0 radical (unpaired) electrons. The van der Waals surface area contributed by atoms with Crippen LogP contribution in [0.3, 0.4) is 0 Å². The molecule has 3 unspecified atom stereocenters. The maximum absolute atomic E-state index is 13.0. The van der Waals surface area contributed by atoms with Gasteiger partial charge in [0.2, 0.25) is 0 Å². The number of nitro benzene ring substituents is 1. The Labute approximate surface area is 105 Å². The molecule has 2 rings (SSSR count). The lowest BCUT2D eigenvalue weighted by Crippen LogP contribution is -2.24. The lowest BCUT2D eigenvalue weighted by molar-refractivity contribution is -0.384. The lowest BCUT2D eigenvalue weighted by atomic mass is 9.97. The summed E-state index contributed by atoms with van der Waals surface area (Å²) in [5.74, 6) is 0.497. The normalized spacial score (nSPS) is 27.2. The van der Waals surface area contributed by atoms with E-state index in [2.05, 4.69) is 19.2 Å². The van der Waals surface area contributed by atoms with E-state index in [-0.39, 0.29) is 11.7 Å². The number of anilines is 1. The van der Waals surface area contributed by atoms with Gasteiger partial charge in [0.05, 0.1) is 11.0 Å². The van der Waals surface area contributed by atoms with Crippen LogP contribution >= 0.6 is 0 Å². The minimum atomic E-state index is -0.583. The number of rotatable bonds is 3. The molecule has 1 aromatic carbocycles. The van der Waals surface area contributed by atoms with Gasteiger partial charge in [0.1, 0.15) is 11.5 Å². The molecule has 0 spiro atoms. The molecule has 0 heterocycles. The van der Waals surface area contributed by atoms with Crippen LogP contribution in [0.2, 0.25) is 0 Å². The zero-order valence-corrected chi connectivity index (χ0v) is 10.5. The van der Waals surface area contributed by atoms with Crippen LogP contribution in [0, 0.1) is 27.8 Å². The highest BCUT2D eigenvalue weighted by Crippen LogP contribution is 2.35. The monoisotopic (exact) mass is 252 g/mol. The summed E-state index contributed by atoms with van der Waals surface area (Å²) in [5.41, 5.74) is 0.217. The third-order valence-corrected chi connectivity index (χ3v) is 3.96. The second kappa shape index (κ2) is 4.92. The van der Waals surface area contributed by atoms with E-state index in [1.54, 1.807) is 0 Å². The summed E-state index contributed by atoms with van der Waals surface area (Å²) in [6.07, 6.45) is 2.12.